The molecule has 0 saturated carbocycles. The molecule has 0 bridgehead atoms. The molecule has 0 aliphatic carbocycles. The number of amides is 1. The number of aliphatic hydroxyl groups excluding tert-OH is 1. The van der Waals surface area contributed by atoms with Gasteiger partial charge in [0.15, 0.2) is 0 Å². The first-order chi connectivity index (χ1) is 9.40. The lowest BCUT2D eigenvalue weighted by Gasteiger charge is -2.22. The van der Waals surface area contributed by atoms with Gasteiger partial charge in [0.25, 0.3) is 0 Å². The van der Waals surface area contributed by atoms with Crippen LogP contribution in [-0.4, -0.2) is 29.4 Å². The van der Waals surface area contributed by atoms with E-state index in [0.717, 1.165) is 5.56 Å². The zero-order valence-electron chi connectivity index (χ0n) is 12.3. The molecule has 0 aliphatic rings. The minimum Gasteiger partial charge on any atom is -0.444 e. The molecule has 0 heterocycles. The summed E-state index contributed by atoms with van der Waals surface area (Å²) in [6.07, 6.45) is 3.92. The molecule has 2 N–H and O–H groups in total. The summed E-state index contributed by atoms with van der Waals surface area (Å²) >= 11 is 0. The van der Waals surface area contributed by atoms with Gasteiger partial charge in [-0.2, -0.15) is 0 Å². The number of aliphatic hydroxyl groups is 1. The summed E-state index contributed by atoms with van der Waals surface area (Å²) in [6, 6.07) is 9.52. The average Bonchev–Trinajstić information content (AvgIpc) is 2.36. The minimum absolute atomic E-state index is 0.127. The van der Waals surface area contributed by atoms with Crippen LogP contribution in [0.5, 0.6) is 0 Å². The van der Waals surface area contributed by atoms with Crippen LogP contribution in [0.1, 0.15) is 32.8 Å². The van der Waals surface area contributed by atoms with E-state index in [1.165, 1.54) is 0 Å². The highest BCUT2D eigenvalue weighted by atomic mass is 16.6. The summed E-state index contributed by atoms with van der Waals surface area (Å²) in [6.45, 7) is 5.28. The molecule has 0 spiro atoms. The quantitative estimate of drug-likeness (QED) is 0.870. The summed E-state index contributed by atoms with van der Waals surface area (Å²) in [5.74, 6) is 0. The van der Waals surface area contributed by atoms with Crippen LogP contribution in [0, 0.1) is 0 Å². The molecule has 0 unspecified atom stereocenters. The van der Waals surface area contributed by atoms with Crippen molar-refractivity contribution in [3.8, 4) is 0 Å². The molecular formula is C16H23NO3. The van der Waals surface area contributed by atoms with E-state index in [2.05, 4.69) is 5.32 Å². The predicted octanol–water partition coefficient (Wildman–Crippen LogP) is 2.98. The van der Waals surface area contributed by atoms with E-state index in [4.69, 9.17) is 4.74 Å². The molecule has 1 aromatic carbocycles. The van der Waals surface area contributed by atoms with Gasteiger partial charge in [0, 0.05) is 0 Å². The highest BCUT2D eigenvalue weighted by Crippen LogP contribution is 2.08. The number of nitrogens with one attached hydrogen (secondary N) is 1. The fourth-order valence-electron chi connectivity index (χ4n) is 1.59. The fraction of sp³-hybridized carbons (Fsp3) is 0.438. The largest absolute Gasteiger partial charge is 0.444 e. The summed E-state index contributed by atoms with van der Waals surface area (Å²) in [5, 5.41) is 11.9. The molecule has 4 heteroatoms. The van der Waals surface area contributed by atoms with Crippen LogP contribution < -0.4 is 5.32 Å². The Bertz CT molecular complexity index is 435. The lowest BCUT2D eigenvalue weighted by molar-refractivity contribution is 0.0484. The molecule has 20 heavy (non-hydrogen) atoms. The second kappa shape index (κ2) is 7.70. The number of hydrogen-bond acceptors (Lipinski definition) is 3. The Labute approximate surface area is 120 Å². The Morgan fingerprint density at radius 1 is 1.35 bits per heavy atom. The molecule has 1 rings (SSSR count). The third kappa shape index (κ3) is 6.95. The molecule has 0 saturated heterocycles. The Morgan fingerprint density at radius 3 is 2.55 bits per heavy atom. The molecule has 4 nitrogen and oxygen atoms in total. The molecule has 110 valence electrons. The maximum atomic E-state index is 11.6. The van der Waals surface area contributed by atoms with Gasteiger partial charge in [-0.3, -0.25) is 0 Å². The van der Waals surface area contributed by atoms with E-state index in [1.54, 1.807) is 20.8 Å². The van der Waals surface area contributed by atoms with Crippen molar-refractivity contribution in [1.82, 2.24) is 5.32 Å². The van der Waals surface area contributed by atoms with Crippen LogP contribution in [0.25, 0.3) is 6.08 Å². The van der Waals surface area contributed by atoms with Crippen LogP contribution in [-0.2, 0) is 4.74 Å². The number of alkyl carbamates (subject to hydrolysis) is 1. The molecule has 0 radical (unpaired) electrons. The van der Waals surface area contributed by atoms with E-state index in [9.17, 15) is 9.90 Å². The third-order valence-electron chi connectivity index (χ3n) is 2.47. The first-order valence-corrected chi connectivity index (χ1v) is 6.72. The van der Waals surface area contributed by atoms with Gasteiger partial charge in [-0.15, -0.1) is 0 Å². The maximum Gasteiger partial charge on any atom is 0.407 e. The topological polar surface area (TPSA) is 58.6 Å². The number of ether oxygens (including phenoxy) is 1. The summed E-state index contributed by atoms with van der Waals surface area (Å²) in [4.78, 5) is 11.6. The van der Waals surface area contributed by atoms with E-state index in [0.29, 0.717) is 6.42 Å². The number of rotatable bonds is 5. The van der Waals surface area contributed by atoms with Gasteiger partial charge < -0.3 is 15.2 Å². The van der Waals surface area contributed by atoms with Gasteiger partial charge in [-0.05, 0) is 32.8 Å². The second-order valence-corrected chi connectivity index (χ2v) is 5.57. The normalized spacial score (nSPS) is 13.2. The van der Waals surface area contributed by atoms with Gasteiger partial charge in [0.2, 0.25) is 0 Å². The van der Waals surface area contributed by atoms with Crippen molar-refractivity contribution in [3.63, 3.8) is 0 Å². The SMILES string of the molecule is CC(C)(C)OC(=O)N[C@H](CO)CC=Cc1ccccc1. The molecular weight excluding hydrogens is 254 g/mol. The van der Waals surface area contributed by atoms with Crippen molar-refractivity contribution in [1.29, 1.82) is 0 Å². The summed E-state index contributed by atoms with van der Waals surface area (Å²) in [7, 11) is 0. The Kier molecular flexibility index (Phi) is 6.25. The molecule has 0 aromatic heterocycles. The maximum absolute atomic E-state index is 11.6. The minimum atomic E-state index is -0.538. The number of hydrogen-bond donors (Lipinski definition) is 2. The molecule has 0 aliphatic heterocycles. The molecule has 1 atom stereocenters. The van der Waals surface area contributed by atoms with Crippen molar-refractivity contribution < 1.29 is 14.6 Å². The highest BCUT2D eigenvalue weighted by molar-refractivity contribution is 5.68. The summed E-state index contributed by atoms with van der Waals surface area (Å²) < 4.78 is 5.15. The van der Waals surface area contributed by atoms with E-state index in [-0.39, 0.29) is 12.6 Å². The molecule has 1 aromatic rings. The van der Waals surface area contributed by atoms with E-state index >= 15 is 0 Å². The lowest BCUT2D eigenvalue weighted by Crippen LogP contribution is -2.40. The summed E-state index contributed by atoms with van der Waals surface area (Å²) in [5.41, 5.74) is 0.547. The first kappa shape index (κ1) is 16.2. The zero-order chi connectivity index (χ0) is 15.0. The van der Waals surface area contributed by atoms with Gasteiger partial charge >= 0.3 is 6.09 Å². The van der Waals surface area contributed by atoms with Gasteiger partial charge in [-0.1, -0.05) is 42.5 Å². The van der Waals surface area contributed by atoms with Crippen molar-refractivity contribution in [2.24, 2.45) is 0 Å². The highest BCUT2D eigenvalue weighted by Gasteiger charge is 2.18. The molecule has 1 amide bonds. The van der Waals surface area contributed by atoms with Crippen molar-refractivity contribution in [2.45, 2.75) is 38.8 Å². The van der Waals surface area contributed by atoms with Crippen LogP contribution in [0.15, 0.2) is 36.4 Å². The standard InChI is InChI=1S/C16H23NO3/c1-16(2,3)20-15(19)17-14(12-18)11-7-10-13-8-5-4-6-9-13/h4-10,14,18H,11-12H2,1-3H3,(H,17,19)/t14-/m0/s1. The number of carbonyl (C=O) groups is 1. The molecule has 0 fully saturated rings. The average molecular weight is 277 g/mol. The van der Waals surface area contributed by atoms with E-state index in [1.807, 2.05) is 42.5 Å². The van der Waals surface area contributed by atoms with Crippen LogP contribution in [0.3, 0.4) is 0 Å². The predicted molar refractivity (Wildman–Crippen MR) is 80.3 cm³/mol. The Morgan fingerprint density at radius 2 is 2.00 bits per heavy atom. The fourth-order valence-corrected chi connectivity index (χ4v) is 1.59. The van der Waals surface area contributed by atoms with Crippen LogP contribution in [0.2, 0.25) is 0 Å². The number of carbonyl (C=O) groups excluding carboxylic acids is 1. The van der Waals surface area contributed by atoms with Crippen molar-refractivity contribution in [3.05, 3.63) is 42.0 Å². The lowest BCUT2D eigenvalue weighted by atomic mass is 10.1. The van der Waals surface area contributed by atoms with Gasteiger partial charge in [-0.25, -0.2) is 4.79 Å². The third-order valence-corrected chi connectivity index (χ3v) is 2.47. The first-order valence-electron chi connectivity index (χ1n) is 6.72. The Balaban J connectivity index is 2.44. The van der Waals surface area contributed by atoms with Crippen molar-refractivity contribution >= 4 is 12.2 Å². The van der Waals surface area contributed by atoms with Gasteiger partial charge in [0.05, 0.1) is 12.6 Å². The van der Waals surface area contributed by atoms with E-state index < -0.39 is 11.7 Å². The van der Waals surface area contributed by atoms with Crippen molar-refractivity contribution in [2.75, 3.05) is 6.61 Å². The van der Waals surface area contributed by atoms with Crippen LogP contribution in [0.4, 0.5) is 4.79 Å². The van der Waals surface area contributed by atoms with Gasteiger partial charge in [0.1, 0.15) is 5.60 Å². The second-order valence-electron chi connectivity index (χ2n) is 5.57. The smallest absolute Gasteiger partial charge is 0.407 e. The Hall–Kier alpha value is -1.81. The zero-order valence-corrected chi connectivity index (χ0v) is 12.3. The van der Waals surface area contributed by atoms with Crippen LogP contribution >= 0.6 is 0 Å². The monoisotopic (exact) mass is 277 g/mol. The number of benzene rings is 1.